The third-order valence-electron chi connectivity index (χ3n) is 1.96. The molecule has 18 heavy (non-hydrogen) atoms. The van der Waals surface area contributed by atoms with E-state index in [1.807, 2.05) is 4.72 Å². The zero-order chi connectivity index (χ0) is 13.8. The Morgan fingerprint density at radius 1 is 1.50 bits per heavy atom. The van der Waals surface area contributed by atoms with Crippen molar-refractivity contribution >= 4 is 21.7 Å². The molecule has 0 aliphatic heterocycles. The number of ether oxygens (including phenoxy) is 1. The smallest absolute Gasteiger partial charge is 0.321 e. The molecule has 0 aliphatic rings. The summed E-state index contributed by atoms with van der Waals surface area (Å²) in [5.74, 6) is -1.69. The second-order valence-electron chi connectivity index (χ2n) is 3.32. The van der Waals surface area contributed by atoms with E-state index >= 15 is 0 Å². The maximum atomic E-state index is 13.3. The van der Waals surface area contributed by atoms with Crippen LogP contribution in [0.3, 0.4) is 0 Å². The minimum atomic E-state index is -4.13. The second-order valence-corrected chi connectivity index (χ2v) is 5.05. The lowest BCUT2D eigenvalue weighted by molar-refractivity contribution is -0.141. The van der Waals surface area contributed by atoms with Gasteiger partial charge in [0.25, 0.3) is 0 Å². The molecule has 1 aromatic rings. The summed E-state index contributed by atoms with van der Waals surface area (Å²) in [6.45, 7) is 1.15. The van der Waals surface area contributed by atoms with E-state index in [4.69, 9.17) is 5.73 Å². The van der Waals surface area contributed by atoms with Crippen LogP contribution in [0.5, 0.6) is 0 Å². The van der Waals surface area contributed by atoms with Crippen LogP contribution in [0.2, 0.25) is 0 Å². The van der Waals surface area contributed by atoms with E-state index in [1.54, 1.807) is 6.92 Å². The first-order valence-corrected chi connectivity index (χ1v) is 6.55. The Morgan fingerprint density at radius 3 is 2.78 bits per heavy atom. The van der Waals surface area contributed by atoms with Crippen LogP contribution in [-0.2, 0) is 19.6 Å². The van der Waals surface area contributed by atoms with Crippen molar-refractivity contribution in [2.75, 3.05) is 18.9 Å². The van der Waals surface area contributed by atoms with E-state index in [9.17, 15) is 17.6 Å². The monoisotopic (exact) mass is 276 g/mol. The standard InChI is InChI=1S/C10H13FN2O4S/c1-2-17-10(14)6-13-18(15,16)9-5-7(12)3-4-8(9)11/h3-5,13H,2,6,12H2,1H3. The van der Waals surface area contributed by atoms with Crippen molar-refractivity contribution in [2.45, 2.75) is 11.8 Å². The Kier molecular flexibility index (Phi) is 4.62. The maximum Gasteiger partial charge on any atom is 0.321 e. The molecular formula is C10H13FN2O4S. The highest BCUT2D eigenvalue weighted by Crippen LogP contribution is 2.17. The summed E-state index contributed by atoms with van der Waals surface area (Å²) < 4.78 is 43.2. The van der Waals surface area contributed by atoms with Gasteiger partial charge in [0.15, 0.2) is 0 Å². The summed E-state index contributed by atoms with van der Waals surface area (Å²) >= 11 is 0. The van der Waals surface area contributed by atoms with Crippen molar-refractivity contribution in [1.29, 1.82) is 0 Å². The quantitative estimate of drug-likeness (QED) is 0.593. The fourth-order valence-electron chi connectivity index (χ4n) is 1.17. The molecule has 0 amide bonds. The van der Waals surface area contributed by atoms with Gasteiger partial charge in [-0.15, -0.1) is 0 Å². The van der Waals surface area contributed by atoms with Gasteiger partial charge in [-0.25, -0.2) is 12.8 Å². The molecule has 0 aliphatic carbocycles. The molecule has 0 spiro atoms. The van der Waals surface area contributed by atoms with Crippen molar-refractivity contribution in [1.82, 2.24) is 4.72 Å². The van der Waals surface area contributed by atoms with E-state index < -0.39 is 33.3 Å². The van der Waals surface area contributed by atoms with Gasteiger partial charge in [-0.2, -0.15) is 4.72 Å². The molecule has 0 fully saturated rings. The predicted octanol–water partition coefficient (Wildman–Crippen LogP) is 0.249. The molecule has 0 atom stereocenters. The van der Waals surface area contributed by atoms with Gasteiger partial charge in [0.2, 0.25) is 10.0 Å². The number of halogens is 1. The van der Waals surface area contributed by atoms with Crippen LogP contribution >= 0.6 is 0 Å². The summed E-state index contributed by atoms with van der Waals surface area (Å²) in [6, 6.07) is 3.15. The summed E-state index contributed by atoms with van der Waals surface area (Å²) in [7, 11) is -4.13. The fraction of sp³-hybridized carbons (Fsp3) is 0.300. The van der Waals surface area contributed by atoms with Gasteiger partial charge in [0, 0.05) is 5.69 Å². The number of esters is 1. The SMILES string of the molecule is CCOC(=O)CNS(=O)(=O)c1cc(N)ccc1F. The number of carbonyl (C=O) groups is 1. The highest BCUT2D eigenvalue weighted by Gasteiger charge is 2.20. The first kappa shape index (κ1) is 14.4. The Labute approximate surface area is 104 Å². The lowest BCUT2D eigenvalue weighted by Gasteiger charge is -2.07. The molecular weight excluding hydrogens is 263 g/mol. The average molecular weight is 276 g/mol. The van der Waals surface area contributed by atoms with Crippen LogP contribution in [0.1, 0.15) is 6.92 Å². The number of carbonyl (C=O) groups excluding carboxylic acids is 1. The first-order valence-electron chi connectivity index (χ1n) is 5.07. The van der Waals surface area contributed by atoms with E-state index in [0.29, 0.717) is 0 Å². The fourth-order valence-corrected chi connectivity index (χ4v) is 2.25. The molecule has 0 unspecified atom stereocenters. The number of nitrogens with one attached hydrogen (secondary N) is 1. The number of hydrogen-bond acceptors (Lipinski definition) is 5. The van der Waals surface area contributed by atoms with Gasteiger partial charge in [-0.1, -0.05) is 0 Å². The summed E-state index contributed by atoms with van der Waals surface area (Å²) in [5.41, 5.74) is 5.48. The van der Waals surface area contributed by atoms with Crippen LogP contribution in [-0.4, -0.2) is 27.5 Å². The summed E-state index contributed by atoms with van der Waals surface area (Å²) in [6.07, 6.45) is 0. The second kappa shape index (κ2) is 5.78. The van der Waals surface area contributed by atoms with E-state index in [1.165, 1.54) is 6.07 Å². The number of benzene rings is 1. The number of nitrogen functional groups attached to an aromatic ring is 1. The van der Waals surface area contributed by atoms with Gasteiger partial charge >= 0.3 is 5.97 Å². The van der Waals surface area contributed by atoms with Gasteiger partial charge in [0.1, 0.15) is 17.3 Å². The highest BCUT2D eigenvalue weighted by molar-refractivity contribution is 7.89. The third kappa shape index (κ3) is 3.67. The zero-order valence-corrected chi connectivity index (χ0v) is 10.5. The van der Waals surface area contributed by atoms with Gasteiger partial charge < -0.3 is 10.5 Å². The average Bonchev–Trinajstić information content (AvgIpc) is 2.30. The lowest BCUT2D eigenvalue weighted by atomic mass is 10.3. The van der Waals surface area contributed by atoms with Crippen LogP contribution in [0, 0.1) is 5.82 Å². The number of rotatable bonds is 5. The number of hydrogen-bond donors (Lipinski definition) is 2. The molecule has 0 saturated heterocycles. The minimum absolute atomic E-state index is 0.105. The number of nitrogens with two attached hydrogens (primary N) is 1. The van der Waals surface area contributed by atoms with Crippen molar-refractivity contribution in [3.8, 4) is 0 Å². The van der Waals surface area contributed by atoms with Gasteiger partial charge in [0.05, 0.1) is 6.61 Å². The van der Waals surface area contributed by atoms with Crippen molar-refractivity contribution in [3.63, 3.8) is 0 Å². The molecule has 1 rings (SSSR count). The first-order chi connectivity index (χ1) is 8.36. The van der Waals surface area contributed by atoms with Gasteiger partial charge in [-0.05, 0) is 25.1 Å². The largest absolute Gasteiger partial charge is 0.465 e. The summed E-state index contributed by atoms with van der Waals surface area (Å²) in [4.78, 5) is 10.4. The van der Waals surface area contributed by atoms with Crippen LogP contribution in [0.25, 0.3) is 0 Å². The molecule has 0 radical (unpaired) electrons. The number of sulfonamides is 1. The topological polar surface area (TPSA) is 98.5 Å². The third-order valence-corrected chi connectivity index (χ3v) is 3.37. The molecule has 0 heterocycles. The minimum Gasteiger partial charge on any atom is -0.465 e. The Balaban J connectivity index is 2.87. The molecule has 0 bridgehead atoms. The Morgan fingerprint density at radius 2 is 2.17 bits per heavy atom. The molecule has 1 aromatic carbocycles. The Hall–Kier alpha value is -1.67. The van der Waals surface area contributed by atoms with Crippen molar-refractivity contribution < 1.29 is 22.3 Å². The van der Waals surface area contributed by atoms with Crippen LogP contribution in [0.15, 0.2) is 23.1 Å². The maximum absolute atomic E-state index is 13.3. The van der Waals surface area contributed by atoms with Crippen molar-refractivity contribution in [3.05, 3.63) is 24.0 Å². The van der Waals surface area contributed by atoms with E-state index in [2.05, 4.69) is 4.74 Å². The zero-order valence-electron chi connectivity index (χ0n) is 9.64. The molecule has 6 nitrogen and oxygen atoms in total. The van der Waals surface area contributed by atoms with Gasteiger partial charge in [-0.3, -0.25) is 4.79 Å². The predicted molar refractivity (Wildman–Crippen MR) is 62.6 cm³/mol. The molecule has 8 heteroatoms. The van der Waals surface area contributed by atoms with Crippen LogP contribution in [0.4, 0.5) is 10.1 Å². The van der Waals surface area contributed by atoms with E-state index in [-0.39, 0.29) is 12.3 Å². The van der Waals surface area contributed by atoms with E-state index in [0.717, 1.165) is 12.1 Å². The normalized spacial score (nSPS) is 11.2. The molecule has 0 saturated carbocycles. The summed E-state index contributed by atoms with van der Waals surface area (Å²) in [5, 5.41) is 0. The van der Waals surface area contributed by atoms with Crippen molar-refractivity contribution in [2.24, 2.45) is 0 Å². The highest BCUT2D eigenvalue weighted by atomic mass is 32.2. The number of anilines is 1. The lowest BCUT2D eigenvalue weighted by Crippen LogP contribution is -2.31. The van der Waals surface area contributed by atoms with Crippen LogP contribution < -0.4 is 10.5 Å². The molecule has 100 valence electrons. The molecule has 3 N–H and O–H groups in total. The molecule has 0 aromatic heterocycles. The Bertz CT molecular complexity index is 545.